The molecule has 0 saturated carbocycles. The molecular formula is C22H36IN5O3. The van der Waals surface area contributed by atoms with Crippen LogP contribution >= 0.6 is 24.0 Å². The molecule has 2 N–H and O–H groups in total. The summed E-state index contributed by atoms with van der Waals surface area (Å²) in [5.41, 5.74) is 1.06. The van der Waals surface area contributed by atoms with Crippen LogP contribution < -0.4 is 10.6 Å². The Labute approximate surface area is 202 Å². The van der Waals surface area contributed by atoms with Crippen LogP contribution in [0.5, 0.6) is 0 Å². The Hall–Kier alpha value is -1.46. The van der Waals surface area contributed by atoms with Gasteiger partial charge >= 0.3 is 0 Å². The lowest BCUT2D eigenvalue weighted by Crippen LogP contribution is -2.47. The summed E-state index contributed by atoms with van der Waals surface area (Å²) < 4.78 is 11.8. The van der Waals surface area contributed by atoms with Crippen molar-refractivity contribution in [3.8, 4) is 0 Å². The SMILES string of the molecule is CN=C(NCCC(=O)Nc1ccc(C)cn1)N1CCC(OCC2CCCCO2)CC1.I. The van der Waals surface area contributed by atoms with Gasteiger partial charge in [-0.15, -0.1) is 24.0 Å². The Morgan fingerprint density at radius 2 is 2.10 bits per heavy atom. The highest BCUT2D eigenvalue weighted by Gasteiger charge is 2.23. The van der Waals surface area contributed by atoms with Crippen LogP contribution in [0.3, 0.4) is 0 Å². The van der Waals surface area contributed by atoms with Crippen LogP contribution in [0, 0.1) is 6.92 Å². The fourth-order valence-electron chi connectivity index (χ4n) is 3.78. The summed E-state index contributed by atoms with van der Waals surface area (Å²) >= 11 is 0. The molecule has 174 valence electrons. The number of hydrogen-bond acceptors (Lipinski definition) is 5. The number of hydrogen-bond donors (Lipinski definition) is 2. The van der Waals surface area contributed by atoms with Crippen molar-refractivity contribution < 1.29 is 14.3 Å². The van der Waals surface area contributed by atoms with E-state index in [9.17, 15) is 4.79 Å². The van der Waals surface area contributed by atoms with Gasteiger partial charge in [-0.3, -0.25) is 9.79 Å². The third-order valence-corrected chi connectivity index (χ3v) is 5.56. The molecule has 0 bridgehead atoms. The lowest BCUT2D eigenvalue weighted by atomic mass is 10.1. The second-order valence-electron chi connectivity index (χ2n) is 8.00. The van der Waals surface area contributed by atoms with Crippen LogP contribution in [0.1, 0.15) is 44.1 Å². The normalized spacial score (nSPS) is 20.1. The summed E-state index contributed by atoms with van der Waals surface area (Å²) in [4.78, 5) is 22.9. The van der Waals surface area contributed by atoms with E-state index in [0.29, 0.717) is 25.4 Å². The molecule has 2 aliphatic heterocycles. The van der Waals surface area contributed by atoms with Crippen molar-refractivity contribution in [3.63, 3.8) is 0 Å². The molecule has 3 rings (SSSR count). The number of carbonyl (C=O) groups is 1. The average molecular weight is 545 g/mol. The Morgan fingerprint density at radius 1 is 1.29 bits per heavy atom. The minimum Gasteiger partial charge on any atom is -0.376 e. The molecule has 0 spiro atoms. The first-order valence-electron chi connectivity index (χ1n) is 11.1. The van der Waals surface area contributed by atoms with E-state index >= 15 is 0 Å². The molecule has 31 heavy (non-hydrogen) atoms. The Kier molecular flexibility index (Phi) is 11.5. The van der Waals surface area contributed by atoms with E-state index in [2.05, 4.69) is 25.5 Å². The van der Waals surface area contributed by atoms with Crippen molar-refractivity contribution in [2.45, 2.75) is 57.7 Å². The lowest BCUT2D eigenvalue weighted by Gasteiger charge is -2.35. The Bertz CT molecular complexity index is 687. The highest BCUT2D eigenvalue weighted by atomic mass is 127. The van der Waals surface area contributed by atoms with E-state index in [1.54, 1.807) is 13.2 Å². The van der Waals surface area contributed by atoms with Gasteiger partial charge in [-0.25, -0.2) is 4.98 Å². The maximum absolute atomic E-state index is 12.1. The maximum atomic E-state index is 12.1. The first-order chi connectivity index (χ1) is 14.6. The number of ether oxygens (including phenoxy) is 2. The number of piperidine rings is 1. The summed E-state index contributed by atoms with van der Waals surface area (Å²) in [5, 5.41) is 6.11. The number of rotatable bonds is 7. The van der Waals surface area contributed by atoms with Gasteiger partial charge in [0.1, 0.15) is 5.82 Å². The maximum Gasteiger partial charge on any atom is 0.227 e. The zero-order chi connectivity index (χ0) is 21.2. The number of likely N-dealkylation sites (tertiary alicyclic amines) is 1. The number of aromatic nitrogens is 1. The van der Waals surface area contributed by atoms with Gasteiger partial charge in [0.25, 0.3) is 0 Å². The predicted octanol–water partition coefficient (Wildman–Crippen LogP) is 2.96. The highest BCUT2D eigenvalue weighted by molar-refractivity contribution is 14.0. The average Bonchev–Trinajstić information content (AvgIpc) is 2.78. The summed E-state index contributed by atoms with van der Waals surface area (Å²) in [7, 11) is 1.78. The predicted molar refractivity (Wildman–Crippen MR) is 133 cm³/mol. The number of amides is 1. The highest BCUT2D eigenvalue weighted by Crippen LogP contribution is 2.18. The number of anilines is 1. The van der Waals surface area contributed by atoms with Gasteiger partial charge in [0, 0.05) is 45.9 Å². The molecule has 0 aliphatic carbocycles. The lowest BCUT2D eigenvalue weighted by molar-refractivity contribution is -0.116. The molecule has 0 radical (unpaired) electrons. The molecule has 1 amide bonds. The van der Waals surface area contributed by atoms with Crippen molar-refractivity contribution in [1.29, 1.82) is 0 Å². The van der Waals surface area contributed by atoms with Crippen molar-refractivity contribution in [1.82, 2.24) is 15.2 Å². The van der Waals surface area contributed by atoms with Crippen molar-refractivity contribution in [2.24, 2.45) is 4.99 Å². The fraction of sp³-hybridized carbons (Fsp3) is 0.682. The smallest absolute Gasteiger partial charge is 0.227 e. The largest absolute Gasteiger partial charge is 0.376 e. The molecule has 3 heterocycles. The monoisotopic (exact) mass is 545 g/mol. The molecule has 1 unspecified atom stereocenters. The van der Waals surface area contributed by atoms with Crippen molar-refractivity contribution in [2.75, 3.05) is 45.2 Å². The number of carbonyl (C=O) groups excluding carboxylic acids is 1. The van der Waals surface area contributed by atoms with Crippen LogP contribution in [0.15, 0.2) is 23.3 Å². The molecule has 1 aromatic heterocycles. The molecule has 1 atom stereocenters. The van der Waals surface area contributed by atoms with Gasteiger partial charge in [0.2, 0.25) is 5.91 Å². The number of halogens is 1. The molecule has 2 fully saturated rings. The third kappa shape index (κ3) is 8.89. The first kappa shape index (κ1) is 25.8. The number of pyridine rings is 1. The Morgan fingerprint density at radius 3 is 2.74 bits per heavy atom. The molecule has 8 nitrogen and oxygen atoms in total. The van der Waals surface area contributed by atoms with Crippen molar-refractivity contribution >= 4 is 41.7 Å². The number of nitrogens with zero attached hydrogens (tertiary/aromatic N) is 3. The summed E-state index contributed by atoms with van der Waals surface area (Å²) in [6.07, 6.45) is 8.15. The van der Waals surface area contributed by atoms with Gasteiger partial charge in [-0.2, -0.15) is 0 Å². The Balaban J connectivity index is 0.00000341. The third-order valence-electron chi connectivity index (χ3n) is 5.56. The molecule has 9 heteroatoms. The van der Waals surface area contributed by atoms with Gasteiger partial charge < -0.3 is 25.0 Å². The second-order valence-corrected chi connectivity index (χ2v) is 8.00. The molecule has 2 saturated heterocycles. The van der Waals surface area contributed by atoms with E-state index in [1.165, 1.54) is 12.8 Å². The number of nitrogens with one attached hydrogen (secondary N) is 2. The van der Waals surface area contributed by atoms with E-state index in [-0.39, 0.29) is 42.1 Å². The standard InChI is InChI=1S/C22H35N5O3.HI/c1-17-6-7-20(25-15-17)26-21(28)8-11-24-22(23-2)27-12-9-18(10-13-27)30-16-19-5-3-4-14-29-19;/h6-7,15,18-19H,3-5,8-14,16H2,1-2H3,(H,23,24)(H,25,26,28);1H. The summed E-state index contributed by atoms with van der Waals surface area (Å²) in [6.45, 7) is 5.87. The van der Waals surface area contributed by atoms with Crippen LogP contribution in [-0.4, -0.2) is 73.9 Å². The number of guanidine groups is 1. The zero-order valence-electron chi connectivity index (χ0n) is 18.6. The van der Waals surface area contributed by atoms with Gasteiger partial charge in [0.05, 0.1) is 18.8 Å². The second kappa shape index (κ2) is 13.8. The van der Waals surface area contributed by atoms with Crippen LogP contribution in [-0.2, 0) is 14.3 Å². The van der Waals surface area contributed by atoms with E-state index in [1.807, 2.05) is 19.1 Å². The molecule has 1 aromatic rings. The minimum atomic E-state index is -0.0636. The van der Waals surface area contributed by atoms with E-state index in [0.717, 1.165) is 50.5 Å². The van der Waals surface area contributed by atoms with Crippen LogP contribution in [0.25, 0.3) is 0 Å². The number of aryl methyl sites for hydroxylation is 1. The topological polar surface area (TPSA) is 88.1 Å². The van der Waals surface area contributed by atoms with E-state index < -0.39 is 0 Å². The van der Waals surface area contributed by atoms with Crippen LogP contribution in [0.4, 0.5) is 5.82 Å². The molecule has 0 aromatic carbocycles. The zero-order valence-corrected chi connectivity index (χ0v) is 21.0. The first-order valence-corrected chi connectivity index (χ1v) is 11.1. The van der Waals surface area contributed by atoms with Gasteiger partial charge in [-0.1, -0.05) is 6.07 Å². The molecule has 2 aliphatic rings. The number of aliphatic imine (C=N–C) groups is 1. The van der Waals surface area contributed by atoms with Gasteiger partial charge in [-0.05, 0) is 50.7 Å². The summed E-state index contributed by atoms with van der Waals surface area (Å²) in [5.74, 6) is 1.35. The van der Waals surface area contributed by atoms with Gasteiger partial charge in [0.15, 0.2) is 5.96 Å². The van der Waals surface area contributed by atoms with Crippen LogP contribution in [0.2, 0.25) is 0 Å². The fourth-order valence-corrected chi connectivity index (χ4v) is 3.78. The van der Waals surface area contributed by atoms with Crippen molar-refractivity contribution in [3.05, 3.63) is 23.9 Å². The molecular weight excluding hydrogens is 509 g/mol. The quantitative estimate of drug-likeness (QED) is 0.311. The van der Waals surface area contributed by atoms with E-state index in [4.69, 9.17) is 9.47 Å². The summed E-state index contributed by atoms with van der Waals surface area (Å²) in [6, 6.07) is 3.74. The minimum absolute atomic E-state index is 0.